The van der Waals surface area contributed by atoms with Crippen molar-refractivity contribution in [3.8, 4) is 11.5 Å². The summed E-state index contributed by atoms with van der Waals surface area (Å²) in [5.41, 5.74) is 1.29. The van der Waals surface area contributed by atoms with Crippen molar-refractivity contribution in [2.24, 2.45) is 0 Å². The van der Waals surface area contributed by atoms with Gasteiger partial charge in [0, 0.05) is 50.9 Å². The summed E-state index contributed by atoms with van der Waals surface area (Å²) >= 11 is 0. The first-order valence-electron chi connectivity index (χ1n) is 10.8. The van der Waals surface area contributed by atoms with Crippen molar-refractivity contribution in [3.05, 3.63) is 48.3 Å². The van der Waals surface area contributed by atoms with Crippen LogP contribution in [0.4, 0.5) is 20.6 Å². The van der Waals surface area contributed by atoms with Crippen LogP contribution in [-0.2, 0) is 4.79 Å². The maximum Gasteiger partial charge on any atom is 0.317 e. The second-order valence-corrected chi connectivity index (χ2v) is 8.11. The Morgan fingerprint density at radius 2 is 1.75 bits per heavy atom. The number of hydrogen-bond acceptors (Lipinski definition) is 5. The monoisotopic (exact) mass is 440 g/mol. The molecule has 5 rings (SSSR count). The van der Waals surface area contributed by atoms with Crippen molar-refractivity contribution in [2.75, 3.05) is 55.7 Å². The van der Waals surface area contributed by atoms with E-state index in [-0.39, 0.29) is 30.2 Å². The van der Waals surface area contributed by atoms with Crippen molar-refractivity contribution in [3.63, 3.8) is 0 Å². The summed E-state index contributed by atoms with van der Waals surface area (Å²) in [6.07, 6.45) is 0.245. The predicted molar refractivity (Wildman–Crippen MR) is 117 cm³/mol. The highest BCUT2D eigenvalue weighted by molar-refractivity contribution is 5.97. The summed E-state index contributed by atoms with van der Waals surface area (Å²) in [5, 5.41) is 2.98. The summed E-state index contributed by atoms with van der Waals surface area (Å²) < 4.78 is 25.2. The summed E-state index contributed by atoms with van der Waals surface area (Å²) in [6.45, 7) is 3.49. The fraction of sp³-hybridized carbons (Fsp3) is 0.391. The first kappa shape index (κ1) is 20.4. The fourth-order valence-corrected chi connectivity index (χ4v) is 4.38. The molecule has 3 heterocycles. The quantitative estimate of drug-likeness (QED) is 0.793. The second-order valence-electron chi connectivity index (χ2n) is 8.11. The molecule has 0 aliphatic carbocycles. The van der Waals surface area contributed by atoms with Crippen LogP contribution in [0.5, 0.6) is 11.5 Å². The third-order valence-electron chi connectivity index (χ3n) is 6.05. The molecule has 168 valence electrons. The fourth-order valence-electron chi connectivity index (χ4n) is 4.38. The zero-order valence-electron chi connectivity index (χ0n) is 17.6. The predicted octanol–water partition coefficient (Wildman–Crippen LogP) is 2.23. The van der Waals surface area contributed by atoms with Gasteiger partial charge >= 0.3 is 6.03 Å². The van der Waals surface area contributed by atoms with Crippen molar-refractivity contribution in [1.82, 2.24) is 10.2 Å². The van der Waals surface area contributed by atoms with Crippen LogP contribution in [0.15, 0.2) is 42.5 Å². The standard InChI is InChI=1S/C23H25FN4O4/c24-18-3-1-2-4-19(18)26-7-9-27(10-8-26)23(30)25-16-13-22(29)28(15-16)17-5-6-20-21(14-17)32-12-11-31-20/h1-6,14,16H,7-13,15H2,(H,25,30)/t16-/m0/s1. The number of halogens is 1. The van der Waals surface area contributed by atoms with E-state index in [1.54, 1.807) is 34.1 Å². The normalized spacial score (nSPS) is 20.5. The highest BCUT2D eigenvalue weighted by Crippen LogP contribution is 2.35. The number of hydrogen-bond donors (Lipinski definition) is 1. The van der Waals surface area contributed by atoms with E-state index in [0.717, 1.165) is 5.69 Å². The average molecular weight is 440 g/mol. The van der Waals surface area contributed by atoms with E-state index in [1.807, 2.05) is 17.0 Å². The lowest BCUT2D eigenvalue weighted by Crippen LogP contribution is -2.54. The van der Waals surface area contributed by atoms with Gasteiger partial charge in [-0.15, -0.1) is 0 Å². The van der Waals surface area contributed by atoms with Gasteiger partial charge in [-0.05, 0) is 24.3 Å². The Labute approximate surface area is 185 Å². The Balaban J connectivity index is 1.16. The van der Waals surface area contributed by atoms with Crippen molar-refractivity contribution in [2.45, 2.75) is 12.5 Å². The third kappa shape index (κ3) is 4.02. The number of carbonyl (C=O) groups is 2. The molecule has 0 saturated carbocycles. The largest absolute Gasteiger partial charge is 0.486 e. The smallest absolute Gasteiger partial charge is 0.317 e. The molecule has 0 radical (unpaired) electrons. The number of carbonyl (C=O) groups excluding carboxylic acids is 2. The maximum atomic E-state index is 14.0. The Kier molecular flexibility index (Phi) is 5.46. The van der Waals surface area contributed by atoms with Crippen molar-refractivity contribution >= 4 is 23.3 Å². The number of ether oxygens (including phenoxy) is 2. The summed E-state index contributed by atoms with van der Waals surface area (Å²) in [7, 11) is 0. The Morgan fingerprint density at radius 3 is 2.53 bits per heavy atom. The minimum absolute atomic E-state index is 0.0450. The van der Waals surface area contributed by atoms with Gasteiger partial charge in [-0.25, -0.2) is 9.18 Å². The van der Waals surface area contributed by atoms with Crippen LogP contribution in [0.1, 0.15) is 6.42 Å². The van der Waals surface area contributed by atoms with Crippen LogP contribution in [0.3, 0.4) is 0 Å². The van der Waals surface area contributed by atoms with Gasteiger partial charge in [-0.2, -0.15) is 0 Å². The van der Waals surface area contributed by atoms with Gasteiger partial charge in [0.15, 0.2) is 11.5 Å². The Hall–Kier alpha value is -3.49. The van der Waals surface area contributed by atoms with Gasteiger partial charge in [0.25, 0.3) is 0 Å². The van der Waals surface area contributed by atoms with Crippen molar-refractivity contribution in [1.29, 1.82) is 0 Å². The third-order valence-corrected chi connectivity index (χ3v) is 6.05. The first-order chi connectivity index (χ1) is 15.6. The number of amides is 3. The number of rotatable bonds is 3. The van der Waals surface area contributed by atoms with Gasteiger partial charge in [-0.1, -0.05) is 12.1 Å². The number of nitrogens with one attached hydrogen (secondary N) is 1. The summed E-state index contributed by atoms with van der Waals surface area (Å²) in [4.78, 5) is 30.7. The van der Waals surface area contributed by atoms with E-state index in [1.165, 1.54) is 6.07 Å². The number of piperazine rings is 1. The number of anilines is 2. The molecule has 1 N–H and O–H groups in total. The molecular formula is C23H25FN4O4. The molecule has 0 unspecified atom stereocenters. The van der Waals surface area contributed by atoms with E-state index >= 15 is 0 Å². The molecule has 0 bridgehead atoms. The van der Waals surface area contributed by atoms with Crippen molar-refractivity contribution < 1.29 is 23.5 Å². The van der Waals surface area contributed by atoms with Crippen LogP contribution in [0, 0.1) is 5.82 Å². The average Bonchev–Trinajstić information content (AvgIpc) is 3.19. The number of benzene rings is 2. The molecule has 2 saturated heterocycles. The van der Waals surface area contributed by atoms with Crippen LogP contribution in [0.25, 0.3) is 0 Å². The van der Waals surface area contributed by atoms with Crippen LogP contribution in [-0.4, -0.2) is 68.8 Å². The molecule has 0 spiro atoms. The molecule has 2 aromatic carbocycles. The molecule has 2 fully saturated rings. The molecule has 2 aromatic rings. The molecule has 3 aliphatic heterocycles. The lowest BCUT2D eigenvalue weighted by atomic mass is 10.2. The van der Waals surface area contributed by atoms with E-state index < -0.39 is 0 Å². The minimum Gasteiger partial charge on any atom is -0.486 e. The summed E-state index contributed by atoms with van der Waals surface area (Å²) in [5.74, 6) is 0.998. The van der Waals surface area contributed by atoms with E-state index in [4.69, 9.17) is 9.47 Å². The van der Waals surface area contributed by atoms with E-state index in [0.29, 0.717) is 63.1 Å². The van der Waals surface area contributed by atoms with Crippen LogP contribution < -0.4 is 24.6 Å². The lowest BCUT2D eigenvalue weighted by molar-refractivity contribution is -0.117. The number of nitrogens with zero attached hydrogens (tertiary/aromatic N) is 3. The zero-order chi connectivity index (χ0) is 22.1. The molecule has 32 heavy (non-hydrogen) atoms. The highest BCUT2D eigenvalue weighted by atomic mass is 19.1. The van der Waals surface area contributed by atoms with E-state index in [9.17, 15) is 14.0 Å². The van der Waals surface area contributed by atoms with Gasteiger partial charge in [0.1, 0.15) is 19.0 Å². The number of urea groups is 1. The van der Waals surface area contributed by atoms with Crippen LogP contribution >= 0.6 is 0 Å². The number of para-hydroxylation sites is 1. The molecule has 9 heteroatoms. The van der Waals surface area contributed by atoms with Crippen LogP contribution in [0.2, 0.25) is 0 Å². The Bertz CT molecular complexity index is 1020. The topological polar surface area (TPSA) is 74.3 Å². The highest BCUT2D eigenvalue weighted by Gasteiger charge is 2.33. The second kappa shape index (κ2) is 8.57. The molecule has 3 aliphatic rings. The lowest BCUT2D eigenvalue weighted by Gasteiger charge is -2.36. The van der Waals surface area contributed by atoms with Gasteiger partial charge in [0.2, 0.25) is 5.91 Å². The van der Waals surface area contributed by atoms with Gasteiger partial charge in [0.05, 0.1) is 11.7 Å². The molecular weight excluding hydrogens is 415 g/mol. The van der Waals surface area contributed by atoms with Gasteiger partial charge in [-0.3, -0.25) is 4.79 Å². The first-order valence-corrected chi connectivity index (χ1v) is 10.8. The maximum absolute atomic E-state index is 14.0. The molecule has 8 nitrogen and oxygen atoms in total. The number of fused-ring (bicyclic) bond motifs is 1. The SMILES string of the molecule is O=C(N[C@H]1CC(=O)N(c2ccc3c(c2)OCCO3)C1)N1CCN(c2ccccc2F)CC1. The van der Waals surface area contributed by atoms with E-state index in [2.05, 4.69) is 5.32 Å². The Morgan fingerprint density at radius 1 is 1.00 bits per heavy atom. The summed E-state index contributed by atoms with van der Waals surface area (Å²) in [6, 6.07) is 11.6. The molecule has 3 amide bonds. The molecule has 0 aromatic heterocycles. The van der Waals surface area contributed by atoms with Gasteiger partial charge < -0.3 is 29.5 Å². The minimum atomic E-state index is -0.271. The molecule has 1 atom stereocenters. The zero-order valence-corrected chi connectivity index (χ0v) is 17.6.